The number of ether oxygens (including phenoxy) is 1. The summed E-state index contributed by atoms with van der Waals surface area (Å²) >= 11 is 0. The molecule has 3 rings (SSSR count). The Hall–Kier alpha value is -2.40. The summed E-state index contributed by atoms with van der Waals surface area (Å²) in [6.07, 6.45) is 5.79. The van der Waals surface area contributed by atoms with Gasteiger partial charge in [-0.1, -0.05) is 18.6 Å². The molecule has 1 saturated carbocycles. The first kappa shape index (κ1) is 16.5. The van der Waals surface area contributed by atoms with Gasteiger partial charge < -0.3 is 14.7 Å². The molecule has 2 unspecified atom stereocenters. The molecule has 0 bridgehead atoms. The number of carbonyl (C=O) groups is 1. The normalized spacial score (nSPS) is 19.9. The molecule has 5 nitrogen and oxygen atoms in total. The maximum atomic E-state index is 12.8. The molecule has 0 saturated heterocycles. The standard InChI is InChI=1S/C19H22N2O3/c1-21(13-14-6-4-9-17(14)22)19(23)16-8-2-3-10-18(16)24-15-7-5-11-20-12-15/h2-3,5,7-8,10-12,14,17,22H,4,6,9,13H2,1H3. The Morgan fingerprint density at radius 2 is 2.12 bits per heavy atom. The van der Waals surface area contributed by atoms with E-state index in [-0.39, 0.29) is 17.9 Å². The third kappa shape index (κ3) is 3.74. The molecule has 0 radical (unpaired) electrons. The fourth-order valence-corrected chi connectivity index (χ4v) is 3.14. The molecule has 1 aromatic carbocycles. The molecule has 5 heteroatoms. The van der Waals surface area contributed by atoms with E-state index < -0.39 is 0 Å². The molecule has 1 heterocycles. The first-order valence-corrected chi connectivity index (χ1v) is 8.25. The van der Waals surface area contributed by atoms with Gasteiger partial charge in [0.15, 0.2) is 0 Å². The predicted octanol–water partition coefficient (Wildman–Crippen LogP) is 3.11. The Bertz CT molecular complexity index is 690. The molecular formula is C19H22N2O3. The first-order valence-electron chi connectivity index (χ1n) is 8.25. The number of aromatic nitrogens is 1. The van der Waals surface area contributed by atoms with Crippen molar-refractivity contribution in [1.29, 1.82) is 0 Å². The molecule has 1 fully saturated rings. The Labute approximate surface area is 141 Å². The van der Waals surface area contributed by atoms with Gasteiger partial charge in [-0.15, -0.1) is 0 Å². The lowest BCUT2D eigenvalue weighted by molar-refractivity contribution is 0.0691. The third-order valence-corrected chi connectivity index (χ3v) is 4.45. The zero-order valence-electron chi connectivity index (χ0n) is 13.8. The summed E-state index contributed by atoms with van der Waals surface area (Å²) in [6.45, 7) is 0.557. The van der Waals surface area contributed by atoms with E-state index in [0.717, 1.165) is 19.3 Å². The van der Waals surface area contributed by atoms with Crippen LogP contribution in [0.2, 0.25) is 0 Å². The van der Waals surface area contributed by atoms with Crippen molar-refractivity contribution in [3.05, 3.63) is 54.4 Å². The Morgan fingerprint density at radius 3 is 2.83 bits per heavy atom. The molecule has 126 valence electrons. The first-order chi connectivity index (χ1) is 11.6. The maximum absolute atomic E-state index is 12.8. The number of hydrogen-bond donors (Lipinski definition) is 1. The Morgan fingerprint density at radius 1 is 1.29 bits per heavy atom. The highest BCUT2D eigenvalue weighted by atomic mass is 16.5. The van der Waals surface area contributed by atoms with E-state index in [0.29, 0.717) is 23.6 Å². The summed E-state index contributed by atoms with van der Waals surface area (Å²) in [5, 5.41) is 9.97. The van der Waals surface area contributed by atoms with Crippen LogP contribution < -0.4 is 4.74 Å². The molecule has 1 aliphatic rings. The number of nitrogens with zero attached hydrogens (tertiary/aromatic N) is 2. The van der Waals surface area contributed by atoms with Gasteiger partial charge in [0.1, 0.15) is 11.5 Å². The highest BCUT2D eigenvalue weighted by Crippen LogP contribution is 2.28. The highest BCUT2D eigenvalue weighted by molar-refractivity contribution is 5.96. The van der Waals surface area contributed by atoms with Gasteiger partial charge in [0, 0.05) is 25.7 Å². The summed E-state index contributed by atoms with van der Waals surface area (Å²) in [6, 6.07) is 10.8. The number of aliphatic hydroxyl groups excluding tert-OH is 1. The number of carbonyl (C=O) groups excluding carboxylic acids is 1. The zero-order chi connectivity index (χ0) is 16.9. The fourth-order valence-electron chi connectivity index (χ4n) is 3.14. The summed E-state index contributed by atoms with van der Waals surface area (Å²) in [5.41, 5.74) is 0.510. The van der Waals surface area contributed by atoms with Gasteiger partial charge in [0.25, 0.3) is 5.91 Å². The van der Waals surface area contributed by atoms with Crippen LogP contribution in [0.25, 0.3) is 0 Å². The smallest absolute Gasteiger partial charge is 0.257 e. The molecule has 1 aliphatic carbocycles. The van der Waals surface area contributed by atoms with E-state index >= 15 is 0 Å². The molecule has 2 aromatic rings. The summed E-state index contributed by atoms with van der Waals surface area (Å²) in [5.74, 6) is 1.15. The van der Waals surface area contributed by atoms with Crippen LogP contribution in [0, 0.1) is 5.92 Å². The third-order valence-electron chi connectivity index (χ3n) is 4.45. The maximum Gasteiger partial charge on any atom is 0.257 e. The Kier molecular flexibility index (Phi) is 5.11. The van der Waals surface area contributed by atoms with Crippen LogP contribution in [0.1, 0.15) is 29.6 Å². The van der Waals surface area contributed by atoms with Crippen molar-refractivity contribution in [1.82, 2.24) is 9.88 Å². The summed E-state index contributed by atoms with van der Waals surface area (Å²) < 4.78 is 5.81. The van der Waals surface area contributed by atoms with Crippen molar-refractivity contribution < 1.29 is 14.6 Å². The van der Waals surface area contributed by atoms with Crippen LogP contribution in [0.5, 0.6) is 11.5 Å². The molecule has 1 aromatic heterocycles. The van der Waals surface area contributed by atoms with Crippen molar-refractivity contribution in [2.45, 2.75) is 25.4 Å². The lowest BCUT2D eigenvalue weighted by Gasteiger charge is -2.24. The van der Waals surface area contributed by atoms with Gasteiger partial charge in [-0.25, -0.2) is 0 Å². The highest BCUT2D eigenvalue weighted by Gasteiger charge is 2.28. The minimum absolute atomic E-state index is 0.103. The molecule has 0 aliphatic heterocycles. The molecule has 1 amide bonds. The monoisotopic (exact) mass is 326 g/mol. The zero-order valence-corrected chi connectivity index (χ0v) is 13.8. The van der Waals surface area contributed by atoms with Crippen LogP contribution in [-0.4, -0.2) is 40.6 Å². The topological polar surface area (TPSA) is 62.7 Å². The van der Waals surface area contributed by atoms with Gasteiger partial charge in [-0.05, 0) is 37.1 Å². The number of hydrogen-bond acceptors (Lipinski definition) is 4. The van der Waals surface area contributed by atoms with Crippen molar-refractivity contribution in [2.24, 2.45) is 5.92 Å². The number of pyridine rings is 1. The van der Waals surface area contributed by atoms with Crippen molar-refractivity contribution in [2.75, 3.05) is 13.6 Å². The van der Waals surface area contributed by atoms with Gasteiger partial charge in [0.2, 0.25) is 0 Å². The molecule has 1 N–H and O–H groups in total. The average Bonchev–Trinajstić information content (AvgIpc) is 3.00. The quantitative estimate of drug-likeness (QED) is 0.917. The van der Waals surface area contributed by atoms with Gasteiger partial charge in [0.05, 0.1) is 17.9 Å². The van der Waals surface area contributed by atoms with Gasteiger partial charge >= 0.3 is 0 Å². The SMILES string of the molecule is CN(CC1CCCC1O)C(=O)c1ccccc1Oc1cccnc1. The van der Waals surface area contributed by atoms with Crippen LogP contribution in [-0.2, 0) is 0 Å². The lowest BCUT2D eigenvalue weighted by Crippen LogP contribution is -2.34. The second kappa shape index (κ2) is 7.45. The second-order valence-corrected chi connectivity index (χ2v) is 6.23. The van der Waals surface area contributed by atoms with Crippen LogP contribution in [0.3, 0.4) is 0 Å². The van der Waals surface area contributed by atoms with Crippen molar-refractivity contribution >= 4 is 5.91 Å². The average molecular weight is 326 g/mol. The second-order valence-electron chi connectivity index (χ2n) is 6.23. The minimum Gasteiger partial charge on any atom is -0.455 e. The lowest BCUT2D eigenvalue weighted by atomic mass is 10.0. The number of amides is 1. The van der Waals surface area contributed by atoms with E-state index in [9.17, 15) is 9.90 Å². The van der Waals surface area contributed by atoms with E-state index in [1.807, 2.05) is 12.1 Å². The number of aliphatic hydroxyl groups is 1. The van der Waals surface area contributed by atoms with Crippen LogP contribution in [0.15, 0.2) is 48.8 Å². The number of para-hydroxylation sites is 1. The van der Waals surface area contributed by atoms with Crippen molar-refractivity contribution in [3.63, 3.8) is 0 Å². The van der Waals surface area contributed by atoms with E-state index in [1.54, 1.807) is 48.6 Å². The molecule has 24 heavy (non-hydrogen) atoms. The largest absolute Gasteiger partial charge is 0.455 e. The summed E-state index contributed by atoms with van der Waals surface area (Å²) in [7, 11) is 1.77. The predicted molar refractivity (Wildman–Crippen MR) is 91.1 cm³/mol. The van der Waals surface area contributed by atoms with E-state index in [2.05, 4.69) is 4.98 Å². The molecule has 2 atom stereocenters. The summed E-state index contributed by atoms with van der Waals surface area (Å²) in [4.78, 5) is 18.5. The fraction of sp³-hybridized carbons (Fsp3) is 0.368. The number of benzene rings is 1. The van der Waals surface area contributed by atoms with E-state index in [4.69, 9.17) is 4.74 Å². The number of rotatable bonds is 5. The van der Waals surface area contributed by atoms with Crippen LogP contribution >= 0.6 is 0 Å². The minimum atomic E-state index is -0.304. The Balaban J connectivity index is 1.74. The van der Waals surface area contributed by atoms with Gasteiger partial charge in [-0.3, -0.25) is 9.78 Å². The molecule has 0 spiro atoms. The van der Waals surface area contributed by atoms with E-state index in [1.165, 1.54) is 0 Å². The van der Waals surface area contributed by atoms with Crippen molar-refractivity contribution in [3.8, 4) is 11.5 Å². The van der Waals surface area contributed by atoms with Gasteiger partial charge in [-0.2, -0.15) is 0 Å². The van der Waals surface area contributed by atoms with Crippen LogP contribution in [0.4, 0.5) is 0 Å². The molecular weight excluding hydrogens is 304 g/mol.